The number of aliphatic carboxylic acids is 3. The zero-order chi connectivity index (χ0) is 17.6. The highest BCUT2D eigenvalue weighted by atomic mass is 16.5. The summed E-state index contributed by atoms with van der Waals surface area (Å²) in [6.07, 6.45) is -2.96. The molecule has 0 radical (unpaired) electrons. The van der Waals surface area contributed by atoms with Crippen LogP contribution in [-0.2, 0) is 14.4 Å². The number of benzene rings is 1. The summed E-state index contributed by atoms with van der Waals surface area (Å²) in [5.41, 5.74) is -0.332. The standard InChI is InChI=1S/C14H14O9/c15-10(16)6-5-8(13(19)20)11(14(21)22)23-9-4-2-1-3-7(9)12(17)18/h1-4,8,11H,5-6H2,(H,15,16)(H,17,18)(H,19,20)(H,21,22). The van der Waals surface area contributed by atoms with E-state index in [2.05, 4.69) is 0 Å². The molecule has 0 fully saturated rings. The maximum Gasteiger partial charge on any atom is 0.345 e. The number of hydrogen-bond donors (Lipinski definition) is 4. The normalized spacial score (nSPS) is 12.9. The smallest absolute Gasteiger partial charge is 0.345 e. The third-order valence-electron chi connectivity index (χ3n) is 2.97. The number of para-hydroxylation sites is 1. The molecule has 4 N–H and O–H groups in total. The number of aromatic carboxylic acids is 1. The fourth-order valence-corrected chi connectivity index (χ4v) is 1.87. The second-order valence-corrected chi connectivity index (χ2v) is 4.56. The lowest BCUT2D eigenvalue weighted by Crippen LogP contribution is -2.40. The molecule has 9 nitrogen and oxygen atoms in total. The number of carbonyl (C=O) groups is 4. The Balaban J connectivity index is 3.10. The Labute approximate surface area is 129 Å². The van der Waals surface area contributed by atoms with Gasteiger partial charge in [-0.05, 0) is 18.6 Å². The molecule has 2 atom stereocenters. The molecule has 0 saturated heterocycles. The number of ether oxygens (including phenoxy) is 1. The van der Waals surface area contributed by atoms with E-state index in [4.69, 9.17) is 25.2 Å². The van der Waals surface area contributed by atoms with Gasteiger partial charge in [0.05, 0.1) is 0 Å². The van der Waals surface area contributed by atoms with Gasteiger partial charge in [0.25, 0.3) is 0 Å². The van der Waals surface area contributed by atoms with E-state index in [1.165, 1.54) is 24.3 Å². The molecule has 124 valence electrons. The SMILES string of the molecule is O=C(O)CCC(C(=O)O)C(Oc1ccccc1C(=O)O)C(=O)O. The van der Waals surface area contributed by atoms with Crippen molar-refractivity contribution in [3.63, 3.8) is 0 Å². The molecule has 0 bridgehead atoms. The summed E-state index contributed by atoms with van der Waals surface area (Å²) in [5, 5.41) is 35.9. The average molecular weight is 326 g/mol. The Morgan fingerprint density at radius 2 is 1.57 bits per heavy atom. The first-order valence-corrected chi connectivity index (χ1v) is 6.40. The fourth-order valence-electron chi connectivity index (χ4n) is 1.87. The van der Waals surface area contributed by atoms with Crippen LogP contribution in [0, 0.1) is 5.92 Å². The Morgan fingerprint density at radius 1 is 0.957 bits per heavy atom. The Bertz CT molecular complexity index is 622. The van der Waals surface area contributed by atoms with E-state index in [9.17, 15) is 19.2 Å². The molecule has 0 aliphatic carbocycles. The summed E-state index contributed by atoms with van der Waals surface area (Å²) >= 11 is 0. The molecule has 2 unspecified atom stereocenters. The molecule has 9 heteroatoms. The fraction of sp³-hybridized carbons (Fsp3) is 0.286. The minimum absolute atomic E-state index is 0.311. The van der Waals surface area contributed by atoms with E-state index in [0.717, 1.165) is 0 Å². The van der Waals surface area contributed by atoms with Gasteiger partial charge in [-0.15, -0.1) is 0 Å². The Kier molecular flexibility index (Phi) is 6.07. The zero-order valence-electron chi connectivity index (χ0n) is 11.7. The number of rotatable bonds is 9. The van der Waals surface area contributed by atoms with E-state index >= 15 is 0 Å². The van der Waals surface area contributed by atoms with E-state index in [1.807, 2.05) is 0 Å². The number of carboxylic acid groups (broad SMARTS) is 4. The largest absolute Gasteiger partial charge is 0.481 e. The molecule has 0 amide bonds. The third-order valence-corrected chi connectivity index (χ3v) is 2.97. The van der Waals surface area contributed by atoms with Crippen molar-refractivity contribution in [1.29, 1.82) is 0 Å². The predicted octanol–water partition coefficient (Wildman–Crippen LogP) is 0.782. The second-order valence-electron chi connectivity index (χ2n) is 4.56. The third kappa shape index (κ3) is 4.99. The van der Waals surface area contributed by atoms with Gasteiger partial charge in [-0.2, -0.15) is 0 Å². The summed E-state index contributed by atoms with van der Waals surface area (Å²) in [5.74, 6) is -7.80. The predicted molar refractivity (Wildman–Crippen MR) is 73.4 cm³/mol. The van der Waals surface area contributed by atoms with Crippen LogP contribution in [0.15, 0.2) is 24.3 Å². The van der Waals surface area contributed by atoms with Gasteiger partial charge in [0.15, 0.2) is 0 Å². The highest BCUT2D eigenvalue weighted by Crippen LogP contribution is 2.24. The van der Waals surface area contributed by atoms with Gasteiger partial charge in [-0.25, -0.2) is 9.59 Å². The molecular formula is C14H14O9. The first-order valence-electron chi connectivity index (χ1n) is 6.40. The van der Waals surface area contributed by atoms with E-state index in [0.29, 0.717) is 0 Å². The lowest BCUT2D eigenvalue weighted by Gasteiger charge is -2.22. The minimum atomic E-state index is -1.92. The summed E-state index contributed by atoms with van der Waals surface area (Å²) in [7, 11) is 0. The van der Waals surface area contributed by atoms with Crippen molar-refractivity contribution in [3.8, 4) is 5.75 Å². The maximum atomic E-state index is 11.3. The molecule has 0 aliphatic rings. The summed E-state index contributed by atoms with van der Waals surface area (Å²) in [6, 6.07) is 5.15. The first kappa shape index (κ1) is 18.0. The first-order chi connectivity index (χ1) is 10.7. The van der Waals surface area contributed by atoms with E-state index in [1.54, 1.807) is 0 Å². The van der Waals surface area contributed by atoms with Crippen molar-refractivity contribution in [2.24, 2.45) is 5.92 Å². The molecule has 23 heavy (non-hydrogen) atoms. The molecule has 0 aromatic heterocycles. The topological polar surface area (TPSA) is 158 Å². The minimum Gasteiger partial charge on any atom is -0.481 e. The molecule has 1 rings (SSSR count). The van der Waals surface area contributed by atoms with Gasteiger partial charge in [-0.3, -0.25) is 9.59 Å². The van der Waals surface area contributed by atoms with Crippen LogP contribution in [0.3, 0.4) is 0 Å². The van der Waals surface area contributed by atoms with Gasteiger partial charge >= 0.3 is 23.9 Å². The van der Waals surface area contributed by atoms with Crippen molar-refractivity contribution >= 4 is 23.9 Å². The summed E-state index contributed by atoms with van der Waals surface area (Å²) < 4.78 is 5.07. The lowest BCUT2D eigenvalue weighted by atomic mass is 9.96. The zero-order valence-corrected chi connectivity index (χ0v) is 11.7. The number of hydrogen-bond acceptors (Lipinski definition) is 5. The van der Waals surface area contributed by atoms with Crippen LogP contribution in [0.4, 0.5) is 0 Å². The molecule has 1 aromatic carbocycles. The highest BCUT2D eigenvalue weighted by Gasteiger charge is 2.36. The monoisotopic (exact) mass is 326 g/mol. The van der Waals surface area contributed by atoms with Crippen molar-refractivity contribution in [2.75, 3.05) is 0 Å². The molecule has 0 saturated carbocycles. The summed E-state index contributed by atoms with van der Waals surface area (Å²) in [6.45, 7) is 0. The molecule has 0 heterocycles. The van der Waals surface area contributed by atoms with E-state index < -0.39 is 48.7 Å². The average Bonchev–Trinajstić information content (AvgIpc) is 2.45. The van der Waals surface area contributed by atoms with Gasteiger partial charge in [0.2, 0.25) is 6.10 Å². The van der Waals surface area contributed by atoms with Gasteiger partial charge < -0.3 is 25.2 Å². The van der Waals surface area contributed by atoms with Gasteiger partial charge in [0.1, 0.15) is 17.2 Å². The Morgan fingerprint density at radius 3 is 2.04 bits per heavy atom. The van der Waals surface area contributed by atoms with Crippen molar-refractivity contribution < 1.29 is 44.3 Å². The van der Waals surface area contributed by atoms with Crippen LogP contribution in [0.5, 0.6) is 5.75 Å². The van der Waals surface area contributed by atoms with Crippen LogP contribution in [0.2, 0.25) is 0 Å². The quantitative estimate of drug-likeness (QED) is 0.514. The maximum absolute atomic E-state index is 11.3. The highest BCUT2D eigenvalue weighted by molar-refractivity contribution is 5.91. The van der Waals surface area contributed by atoms with Crippen molar-refractivity contribution in [1.82, 2.24) is 0 Å². The molecular weight excluding hydrogens is 312 g/mol. The second kappa shape index (κ2) is 7.78. The molecule has 0 spiro atoms. The van der Waals surface area contributed by atoms with Crippen LogP contribution in [0.25, 0.3) is 0 Å². The van der Waals surface area contributed by atoms with Crippen LogP contribution >= 0.6 is 0 Å². The lowest BCUT2D eigenvalue weighted by molar-refractivity contribution is -0.158. The van der Waals surface area contributed by atoms with Gasteiger partial charge in [0, 0.05) is 6.42 Å². The van der Waals surface area contributed by atoms with Crippen LogP contribution in [-0.4, -0.2) is 50.4 Å². The van der Waals surface area contributed by atoms with E-state index in [-0.39, 0.29) is 11.3 Å². The number of carboxylic acids is 4. The molecule has 0 aliphatic heterocycles. The Hall–Kier alpha value is -3.10. The summed E-state index contributed by atoms with van der Waals surface area (Å²) in [4.78, 5) is 44.1. The van der Waals surface area contributed by atoms with Crippen LogP contribution in [0.1, 0.15) is 23.2 Å². The van der Waals surface area contributed by atoms with Gasteiger partial charge in [-0.1, -0.05) is 12.1 Å². The molecule has 1 aromatic rings. The van der Waals surface area contributed by atoms with Crippen LogP contribution < -0.4 is 4.74 Å². The van der Waals surface area contributed by atoms with Crippen molar-refractivity contribution in [2.45, 2.75) is 18.9 Å². The van der Waals surface area contributed by atoms with Crippen molar-refractivity contribution in [3.05, 3.63) is 29.8 Å².